The summed E-state index contributed by atoms with van der Waals surface area (Å²) in [5, 5.41) is 3.71. The number of amides is 1. The molecular weight excluding hydrogens is 344 g/mol. The maximum Gasteiger partial charge on any atom is 0.219 e. The van der Waals surface area contributed by atoms with Crippen molar-refractivity contribution in [2.75, 3.05) is 32.8 Å². The fourth-order valence-electron chi connectivity index (χ4n) is 3.28. The van der Waals surface area contributed by atoms with Gasteiger partial charge in [-0.2, -0.15) is 0 Å². The molecule has 2 heterocycles. The van der Waals surface area contributed by atoms with Gasteiger partial charge in [0.1, 0.15) is 0 Å². The molecule has 1 N–H and O–H groups in total. The molecule has 2 aliphatic heterocycles. The van der Waals surface area contributed by atoms with E-state index < -0.39 is 0 Å². The topological polar surface area (TPSA) is 41.6 Å². The van der Waals surface area contributed by atoms with Crippen LogP contribution < -0.4 is 5.32 Å². The van der Waals surface area contributed by atoms with E-state index in [0.29, 0.717) is 6.04 Å². The highest BCUT2D eigenvalue weighted by atomic mass is 79.9. The molecule has 22 heavy (non-hydrogen) atoms. The number of rotatable bonds is 4. The van der Waals surface area contributed by atoms with Crippen molar-refractivity contribution in [2.24, 2.45) is 0 Å². The number of nitrogens with zero attached hydrogens (tertiary/aromatic N) is 1. The minimum absolute atomic E-state index is 0.0987. The second-order valence-corrected chi connectivity index (χ2v) is 7.36. The van der Waals surface area contributed by atoms with E-state index in [9.17, 15) is 4.79 Å². The third kappa shape index (κ3) is 3.36. The molecule has 0 spiro atoms. The van der Waals surface area contributed by atoms with Gasteiger partial charge in [-0.05, 0) is 30.5 Å². The minimum atomic E-state index is 0.0987. The van der Waals surface area contributed by atoms with Crippen molar-refractivity contribution in [3.63, 3.8) is 0 Å². The van der Waals surface area contributed by atoms with E-state index in [1.165, 1.54) is 5.56 Å². The number of ether oxygens (including phenoxy) is 1. The van der Waals surface area contributed by atoms with Crippen LogP contribution in [0, 0.1) is 0 Å². The van der Waals surface area contributed by atoms with Gasteiger partial charge in [0.05, 0.1) is 18.6 Å². The molecule has 5 heteroatoms. The largest absolute Gasteiger partial charge is 0.379 e. The van der Waals surface area contributed by atoms with Crippen LogP contribution in [0.2, 0.25) is 0 Å². The number of carbonyl (C=O) groups excluding carboxylic acids is 1. The van der Waals surface area contributed by atoms with Crippen LogP contribution in [0.5, 0.6) is 0 Å². The minimum Gasteiger partial charge on any atom is -0.379 e. The number of nitrogens with one attached hydrogen (secondary N) is 1. The molecule has 1 amide bonds. The Morgan fingerprint density at radius 3 is 2.68 bits per heavy atom. The molecule has 1 aromatic rings. The van der Waals surface area contributed by atoms with Gasteiger partial charge in [0.15, 0.2) is 0 Å². The van der Waals surface area contributed by atoms with Crippen molar-refractivity contribution < 1.29 is 9.53 Å². The van der Waals surface area contributed by atoms with Crippen LogP contribution >= 0.6 is 15.9 Å². The smallest absolute Gasteiger partial charge is 0.219 e. The van der Waals surface area contributed by atoms with Gasteiger partial charge in [0.2, 0.25) is 5.91 Å². The Morgan fingerprint density at radius 2 is 2.14 bits per heavy atom. The monoisotopic (exact) mass is 366 g/mol. The second-order valence-electron chi connectivity index (χ2n) is 6.44. The lowest BCUT2D eigenvalue weighted by Gasteiger charge is -2.44. The fourth-order valence-corrected chi connectivity index (χ4v) is 3.68. The highest BCUT2D eigenvalue weighted by molar-refractivity contribution is 9.10. The van der Waals surface area contributed by atoms with Crippen molar-refractivity contribution >= 4 is 21.8 Å². The number of halogens is 1. The SMILES string of the molecule is CC(=O)N1CCC(NCC2(c3cccc(Br)c3)COC2)CC1. The van der Waals surface area contributed by atoms with Crippen LogP contribution in [-0.2, 0) is 14.9 Å². The summed E-state index contributed by atoms with van der Waals surface area (Å²) in [6.45, 7) is 5.89. The summed E-state index contributed by atoms with van der Waals surface area (Å²) in [6.07, 6.45) is 2.07. The van der Waals surface area contributed by atoms with Gasteiger partial charge in [-0.25, -0.2) is 0 Å². The van der Waals surface area contributed by atoms with Crippen LogP contribution in [0.15, 0.2) is 28.7 Å². The zero-order chi connectivity index (χ0) is 15.6. The number of hydrogen-bond acceptors (Lipinski definition) is 3. The van der Waals surface area contributed by atoms with Gasteiger partial charge in [0, 0.05) is 37.1 Å². The highest BCUT2D eigenvalue weighted by Gasteiger charge is 2.40. The molecule has 4 nitrogen and oxygen atoms in total. The van der Waals surface area contributed by atoms with Crippen molar-refractivity contribution in [1.82, 2.24) is 10.2 Å². The summed E-state index contributed by atoms with van der Waals surface area (Å²) < 4.78 is 6.63. The number of hydrogen-bond donors (Lipinski definition) is 1. The summed E-state index contributed by atoms with van der Waals surface area (Å²) in [5.41, 5.74) is 1.43. The van der Waals surface area contributed by atoms with E-state index in [4.69, 9.17) is 4.74 Å². The molecule has 0 aromatic heterocycles. The van der Waals surface area contributed by atoms with Gasteiger partial charge in [-0.1, -0.05) is 28.1 Å². The Balaban J connectivity index is 1.57. The molecule has 0 radical (unpaired) electrons. The lowest BCUT2D eigenvalue weighted by molar-refractivity contribution is -0.129. The van der Waals surface area contributed by atoms with Crippen molar-refractivity contribution in [3.05, 3.63) is 34.3 Å². The fraction of sp³-hybridized carbons (Fsp3) is 0.588. The van der Waals surface area contributed by atoms with E-state index in [1.54, 1.807) is 6.92 Å². The Kier molecular flexibility index (Phi) is 4.85. The zero-order valence-corrected chi connectivity index (χ0v) is 14.6. The van der Waals surface area contributed by atoms with Gasteiger partial charge in [-0.3, -0.25) is 4.79 Å². The number of piperidine rings is 1. The first-order chi connectivity index (χ1) is 10.6. The van der Waals surface area contributed by atoms with E-state index in [0.717, 1.165) is 50.2 Å². The van der Waals surface area contributed by atoms with E-state index in [2.05, 4.69) is 45.5 Å². The summed E-state index contributed by atoms with van der Waals surface area (Å²) in [6, 6.07) is 9.03. The molecule has 2 fully saturated rings. The second kappa shape index (κ2) is 6.69. The molecule has 0 bridgehead atoms. The molecule has 0 aliphatic carbocycles. The molecule has 1 aromatic carbocycles. The Hall–Kier alpha value is -0.910. The maximum absolute atomic E-state index is 11.4. The molecule has 3 rings (SSSR count). The quantitative estimate of drug-likeness (QED) is 0.888. The molecule has 120 valence electrons. The van der Waals surface area contributed by atoms with Crippen LogP contribution in [0.1, 0.15) is 25.3 Å². The van der Waals surface area contributed by atoms with Gasteiger partial charge < -0.3 is 15.0 Å². The van der Waals surface area contributed by atoms with Gasteiger partial charge in [0.25, 0.3) is 0 Å². The average Bonchev–Trinajstić information content (AvgIpc) is 2.47. The predicted octanol–water partition coefficient (Wildman–Crippen LogP) is 2.32. The average molecular weight is 367 g/mol. The molecule has 0 saturated carbocycles. The lowest BCUT2D eigenvalue weighted by atomic mass is 9.78. The first-order valence-corrected chi connectivity index (χ1v) is 8.71. The van der Waals surface area contributed by atoms with E-state index in [-0.39, 0.29) is 11.3 Å². The molecule has 0 atom stereocenters. The van der Waals surface area contributed by atoms with Crippen molar-refractivity contribution in [2.45, 2.75) is 31.2 Å². The molecule has 0 unspecified atom stereocenters. The third-order valence-corrected chi connectivity index (χ3v) is 5.36. The number of carbonyl (C=O) groups is 1. The van der Waals surface area contributed by atoms with Gasteiger partial charge in [-0.15, -0.1) is 0 Å². The maximum atomic E-state index is 11.4. The van der Waals surface area contributed by atoms with E-state index in [1.807, 2.05) is 4.90 Å². The first kappa shape index (κ1) is 16.0. The summed E-state index contributed by atoms with van der Waals surface area (Å²) in [5.74, 6) is 0.191. The zero-order valence-electron chi connectivity index (χ0n) is 13.0. The van der Waals surface area contributed by atoms with Crippen LogP contribution in [0.25, 0.3) is 0 Å². The molecule has 2 saturated heterocycles. The highest BCUT2D eigenvalue weighted by Crippen LogP contribution is 2.33. The van der Waals surface area contributed by atoms with Gasteiger partial charge >= 0.3 is 0 Å². The van der Waals surface area contributed by atoms with Crippen LogP contribution in [0.4, 0.5) is 0 Å². The Bertz CT molecular complexity index is 537. The predicted molar refractivity (Wildman–Crippen MR) is 89.9 cm³/mol. The normalized spacial score (nSPS) is 21.5. The van der Waals surface area contributed by atoms with E-state index >= 15 is 0 Å². The van der Waals surface area contributed by atoms with Crippen LogP contribution in [0.3, 0.4) is 0 Å². The standard InChI is InChI=1S/C17H23BrN2O2/c1-13(21)20-7-5-16(6-8-20)19-10-17(11-22-12-17)14-3-2-4-15(18)9-14/h2-4,9,16,19H,5-8,10-12H2,1H3. The lowest BCUT2D eigenvalue weighted by Crippen LogP contribution is -2.56. The Labute approximate surface area is 140 Å². The molecular formula is C17H23BrN2O2. The third-order valence-electron chi connectivity index (χ3n) is 4.86. The summed E-state index contributed by atoms with van der Waals surface area (Å²) in [7, 11) is 0. The number of benzene rings is 1. The summed E-state index contributed by atoms with van der Waals surface area (Å²) in [4.78, 5) is 13.3. The Morgan fingerprint density at radius 1 is 1.41 bits per heavy atom. The van der Waals surface area contributed by atoms with Crippen molar-refractivity contribution in [1.29, 1.82) is 0 Å². The first-order valence-electron chi connectivity index (χ1n) is 7.92. The molecule has 2 aliphatic rings. The summed E-state index contributed by atoms with van der Waals surface area (Å²) >= 11 is 3.56. The number of likely N-dealkylation sites (tertiary alicyclic amines) is 1. The van der Waals surface area contributed by atoms with Crippen LogP contribution in [-0.4, -0.2) is 49.7 Å². The van der Waals surface area contributed by atoms with Crippen molar-refractivity contribution in [3.8, 4) is 0 Å².